The molecule has 3 N–H and O–H groups in total. The van der Waals surface area contributed by atoms with Crippen molar-refractivity contribution in [2.45, 2.75) is 37.8 Å². The van der Waals surface area contributed by atoms with Gasteiger partial charge in [0, 0.05) is 18.6 Å². The van der Waals surface area contributed by atoms with Gasteiger partial charge in [-0.2, -0.15) is 0 Å². The summed E-state index contributed by atoms with van der Waals surface area (Å²) in [5.74, 6) is 0. The van der Waals surface area contributed by atoms with Crippen molar-refractivity contribution in [1.29, 1.82) is 0 Å². The summed E-state index contributed by atoms with van der Waals surface area (Å²) < 4.78 is 0. The lowest BCUT2D eigenvalue weighted by Gasteiger charge is -2.26. The largest absolute Gasteiger partial charge is 0.328 e. The first-order valence-electron chi connectivity index (χ1n) is 6.55. The average Bonchev–Trinajstić information content (AvgIpc) is 2.38. The van der Waals surface area contributed by atoms with Crippen molar-refractivity contribution in [3.05, 3.63) is 42.0 Å². The second-order valence-electron chi connectivity index (χ2n) is 4.83. The number of nitrogens with two attached hydrogens (primary N) is 1. The normalized spacial score (nSPS) is 25.2. The molecule has 2 nitrogen and oxygen atoms in total. The summed E-state index contributed by atoms with van der Waals surface area (Å²) in [6.45, 7) is 0.953. The summed E-state index contributed by atoms with van der Waals surface area (Å²) in [6, 6.07) is 11.5. The Bertz CT molecular complexity index is 337. The Kier molecular flexibility index (Phi) is 4.77. The zero-order valence-electron chi connectivity index (χ0n) is 10.3. The van der Waals surface area contributed by atoms with Gasteiger partial charge in [0.15, 0.2) is 0 Å². The van der Waals surface area contributed by atoms with Crippen LogP contribution < -0.4 is 11.1 Å². The Morgan fingerprint density at radius 1 is 1.12 bits per heavy atom. The Balaban J connectivity index is 1.68. The highest BCUT2D eigenvalue weighted by Gasteiger charge is 2.16. The summed E-state index contributed by atoms with van der Waals surface area (Å²) in [4.78, 5) is 0. The van der Waals surface area contributed by atoms with Crippen LogP contribution in [0, 0.1) is 0 Å². The van der Waals surface area contributed by atoms with Crippen molar-refractivity contribution in [3.8, 4) is 0 Å². The first kappa shape index (κ1) is 12.3. The molecule has 2 rings (SSSR count). The molecule has 0 spiro atoms. The minimum absolute atomic E-state index is 0.438. The molecular weight excluding hydrogens is 208 g/mol. The predicted molar refractivity (Wildman–Crippen MR) is 73.7 cm³/mol. The number of benzene rings is 1. The van der Waals surface area contributed by atoms with Crippen molar-refractivity contribution >= 4 is 6.08 Å². The van der Waals surface area contributed by atoms with Crippen LogP contribution in [-0.4, -0.2) is 18.6 Å². The molecule has 1 saturated carbocycles. The molecular formula is C15H22N2. The Morgan fingerprint density at radius 3 is 2.53 bits per heavy atom. The highest BCUT2D eigenvalue weighted by atomic mass is 14.9. The molecule has 1 aliphatic carbocycles. The molecule has 0 amide bonds. The maximum absolute atomic E-state index is 5.89. The van der Waals surface area contributed by atoms with Crippen LogP contribution >= 0.6 is 0 Å². The van der Waals surface area contributed by atoms with E-state index >= 15 is 0 Å². The molecule has 1 aliphatic rings. The van der Waals surface area contributed by atoms with E-state index in [4.69, 9.17) is 5.73 Å². The Labute approximate surface area is 104 Å². The molecule has 0 aliphatic heterocycles. The van der Waals surface area contributed by atoms with Crippen LogP contribution in [0.1, 0.15) is 31.2 Å². The fraction of sp³-hybridized carbons (Fsp3) is 0.467. The van der Waals surface area contributed by atoms with Gasteiger partial charge in [-0.25, -0.2) is 0 Å². The first-order valence-corrected chi connectivity index (χ1v) is 6.55. The number of hydrogen-bond donors (Lipinski definition) is 2. The van der Waals surface area contributed by atoms with Gasteiger partial charge < -0.3 is 11.1 Å². The van der Waals surface area contributed by atoms with E-state index in [-0.39, 0.29) is 0 Å². The van der Waals surface area contributed by atoms with Gasteiger partial charge in [-0.3, -0.25) is 0 Å². The lowest BCUT2D eigenvalue weighted by molar-refractivity contribution is 0.351. The molecule has 1 aromatic carbocycles. The van der Waals surface area contributed by atoms with Gasteiger partial charge in [0.1, 0.15) is 0 Å². The lowest BCUT2D eigenvalue weighted by Crippen LogP contribution is -2.37. The second-order valence-corrected chi connectivity index (χ2v) is 4.83. The standard InChI is InChI=1S/C15H22N2/c16-14-8-10-15(11-9-14)17-12-4-7-13-5-2-1-3-6-13/h1-7,14-15,17H,8-12,16H2/b7-4+. The van der Waals surface area contributed by atoms with Gasteiger partial charge in [0.05, 0.1) is 0 Å². The molecule has 0 atom stereocenters. The van der Waals surface area contributed by atoms with E-state index in [1.165, 1.54) is 31.2 Å². The van der Waals surface area contributed by atoms with Crippen LogP contribution in [0.4, 0.5) is 0 Å². The third-order valence-electron chi connectivity index (χ3n) is 3.41. The quantitative estimate of drug-likeness (QED) is 0.834. The van der Waals surface area contributed by atoms with E-state index in [9.17, 15) is 0 Å². The topological polar surface area (TPSA) is 38.0 Å². The molecule has 0 unspecified atom stereocenters. The van der Waals surface area contributed by atoms with Gasteiger partial charge in [-0.15, -0.1) is 0 Å². The average molecular weight is 230 g/mol. The molecule has 0 bridgehead atoms. The number of rotatable bonds is 4. The van der Waals surface area contributed by atoms with Crippen LogP contribution in [0.2, 0.25) is 0 Å². The van der Waals surface area contributed by atoms with Gasteiger partial charge in [0.25, 0.3) is 0 Å². The molecule has 92 valence electrons. The highest BCUT2D eigenvalue weighted by molar-refractivity contribution is 5.48. The predicted octanol–water partition coefficient (Wildman–Crippen LogP) is 2.56. The van der Waals surface area contributed by atoms with Crippen LogP contribution in [0.5, 0.6) is 0 Å². The summed E-state index contributed by atoms with van der Waals surface area (Å²) in [6.07, 6.45) is 9.15. The van der Waals surface area contributed by atoms with Crippen LogP contribution in [0.25, 0.3) is 6.08 Å². The van der Waals surface area contributed by atoms with E-state index in [0.29, 0.717) is 12.1 Å². The fourth-order valence-electron chi connectivity index (χ4n) is 2.32. The lowest BCUT2D eigenvalue weighted by atomic mass is 9.92. The van der Waals surface area contributed by atoms with Gasteiger partial charge in [-0.05, 0) is 31.2 Å². The molecule has 0 heterocycles. The zero-order chi connectivity index (χ0) is 11.9. The van der Waals surface area contributed by atoms with Crippen molar-refractivity contribution in [2.75, 3.05) is 6.54 Å². The Hall–Kier alpha value is -1.12. The third-order valence-corrected chi connectivity index (χ3v) is 3.41. The van der Waals surface area contributed by atoms with Crippen molar-refractivity contribution in [2.24, 2.45) is 5.73 Å². The second kappa shape index (κ2) is 6.58. The molecule has 17 heavy (non-hydrogen) atoms. The van der Waals surface area contributed by atoms with E-state index in [1.807, 2.05) is 6.07 Å². The molecule has 1 aromatic rings. The van der Waals surface area contributed by atoms with Gasteiger partial charge >= 0.3 is 0 Å². The number of hydrogen-bond acceptors (Lipinski definition) is 2. The molecule has 0 aromatic heterocycles. The molecule has 1 fully saturated rings. The van der Waals surface area contributed by atoms with Crippen molar-refractivity contribution in [1.82, 2.24) is 5.32 Å². The maximum Gasteiger partial charge on any atom is 0.0140 e. The van der Waals surface area contributed by atoms with E-state index in [1.54, 1.807) is 0 Å². The Morgan fingerprint density at radius 2 is 1.82 bits per heavy atom. The van der Waals surface area contributed by atoms with Crippen LogP contribution in [0.15, 0.2) is 36.4 Å². The summed E-state index contributed by atoms with van der Waals surface area (Å²) in [5.41, 5.74) is 7.15. The molecule has 0 radical (unpaired) electrons. The maximum atomic E-state index is 5.89. The highest BCUT2D eigenvalue weighted by Crippen LogP contribution is 2.16. The summed E-state index contributed by atoms with van der Waals surface area (Å²) in [5, 5.41) is 3.57. The summed E-state index contributed by atoms with van der Waals surface area (Å²) in [7, 11) is 0. The van der Waals surface area contributed by atoms with Crippen molar-refractivity contribution in [3.63, 3.8) is 0 Å². The van der Waals surface area contributed by atoms with Crippen LogP contribution in [0.3, 0.4) is 0 Å². The zero-order valence-corrected chi connectivity index (χ0v) is 10.3. The van der Waals surface area contributed by atoms with E-state index in [2.05, 4.69) is 41.7 Å². The van der Waals surface area contributed by atoms with Gasteiger partial charge in [0.2, 0.25) is 0 Å². The molecule has 0 saturated heterocycles. The first-order chi connectivity index (χ1) is 8.34. The molecule has 2 heteroatoms. The number of nitrogens with one attached hydrogen (secondary N) is 1. The monoisotopic (exact) mass is 230 g/mol. The van der Waals surface area contributed by atoms with Gasteiger partial charge in [-0.1, -0.05) is 42.5 Å². The minimum Gasteiger partial charge on any atom is -0.328 e. The SMILES string of the molecule is NC1CCC(NC/C=C/c2ccccc2)CC1. The summed E-state index contributed by atoms with van der Waals surface area (Å²) >= 11 is 0. The third kappa shape index (κ3) is 4.33. The van der Waals surface area contributed by atoms with E-state index < -0.39 is 0 Å². The van der Waals surface area contributed by atoms with Crippen LogP contribution in [-0.2, 0) is 0 Å². The minimum atomic E-state index is 0.438. The smallest absolute Gasteiger partial charge is 0.0140 e. The van der Waals surface area contributed by atoms with E-state index in [0.717, 1.165) is 6.54 Å². The fourth-order valence-corrected chi connectivity index (χ4v) is 2.32. The van der Waals surface area contributed by atoms with Crippen molar-refractivity contribution < 1.29 is 0 Å².